The second-order valence-electron chi connectivity index (χ2n) is 6.80. The van der Waals surface area contributed by atoms with Gasteiger partial charge in [-0.05, 0) is 66.6 Å². The van der Waals surface area contributed by atoms with Crippen molar-refractivity contribution in [3.63, 3.8) is 0 Å². The predicted octanol–water partition coefficient (Wildman–Crippen LogP) is 5.61. The Balaban J connectivity index is 2.09. The minimum atomic E-state index is -0.590. The smallest absolute Gasteiger partial charge is 0.161 e. The number of ether oxygens (including phenoxy) is 3. The lowest BCUT2D eigenvalue weighted by atomic mass is 9.77. The molecular weight excluding hydrogens is 411 g/mol. The maximum atomic E-state index is 13.6. The van der Waals surface area contributed by atoms with Crippen LogP contribution in [-0.2, 0) is 16.8 Å². The molecule has 1 unspecified atom stereocenters. The average Bonchev–Trinajstić information content (AvgIpc) is 2.70. The Morgan fingerprint density at radius 1 is 1.04 bits per heavy atom. The summed E-state index contributed by atoms with van der Waals surface area (Å²) >= 11 is 3.50. The van der Waals surface area contributed by atoms with Gasteiger partial charge in [0.15, 0.2) is 11.5 Å². The van der Waals surface area contributed by atoms with Crippen LogP contribution in [0.1, 0.15) is 42.4 Å². The predicted molar refractivity (Wildman–Crippen MR) is 109 cm³/mol. The van der Waals surface area contributed by atoms with Gasteiger partial charge in [-0.1, -0.05) is 34.5 Å². The fourth-order valence-corrected chi connectivity index (χ4v) is 4.27. The molecule has 0 N–H and O–H groups in total. The summed E-state index contributed by atoms with van der Waals surface area (Å²) in [6, 6.07) is 10.8. The van der Waals surface area contributed by atoms with E-state index in [2.05, 4.69) is 15.9 Å². The molecule has 3 rings (SSSR count). The molecule has 0 aliphatic carbocycles. The Bertz CT molecular complexity index is 763. The highest BCUT2D eigenvalue weighted by Gasteiger charge is 2.40. The van der Waals surface area contributed by atoms with Crippen molar-refractivity contribution in [1.29, 1.82) is 0 Å². The molecule has 0 radical (unpaired) electrons. The summed E-state index contributed by atoms with van der Waals surface area (Å²) in [6.07, 6.45) is 4.92. The zero-order chi connectivity index (χ0) is 19.3. The number of rotatable bonds is 8. The van der Waals surface area contributed by atoms with Crippen molar-refractivity contribution >= 4 is 15.9 Å². The molecule has 1 heterocycles. The van der Waals surface area contributed by atoms with Gasteiger partial charge >= 0.3 is 0 Å². The Morgan fingerprint density at radius 2 is 1.74 bits per heavy atom. The SMILES string of the molecule is COc1cc2c(cc1OC)C(CCCCCBr)(c1ccc(F)cc1)OCC2. The number of unbranched alkanes of at least 4 members (excludes halogenated alkanes) is 2. The molecule has 0 fully saturated rings. The third-order valence-corrected chi connectivity index (χ3v) is 5.80. The van der Waals surface area contributed by atoms with Crippen molar-refractivity contribution in [2.24, 2.45) is 0 Å². The maximum absolute atomic E-state index is 13.6. The minimum Gasteiger partial charge on any atom is -0.493 e. The first-order valence-electron chi connectivity index (χ1n) is 9.36. The van der Waals surface area contributed by atoms with Crippen LogP contribution < -0.4 is 9.47 Å². The van der Waals surface area contributed by atoms with Crippen molar-refractivity contribution in [3.8, 4) is 11.5 Å². The molecule has 3 nitrogen and oxygen atoms in total. The van der Waals surface area contributed by atoms with Gasteiger partial charge in [-0.25, -0.2) is 4.39 Å². The highest BCUT2D eigenvalue weighted by molar-refractivity contribution is 9.09. The molecule has 0 aromatic heterocycles. The Kier molecular flexibility index (Phi) is 6.77. The lowest BCUT2D eigenvalue weighted by Gasteiger charge is -2.40. The van der Waals surface area contributed by atoms with Gasteiger partial charge in [-0.15, -0.1) is 0 Å². The van der Waals surface area contributed by atoms with Crippen LogP contribution in [0.5, 0.6) is 11.5 Å². The van der Waals surface area contributed by atoms with Crippen LogP contribution in [0.25, 0.3) is 0 Å². The number of benzene rings is 2. The first-order valence-corrected chi connectivity index (χ1v) is 10.5. The monoisotopic (exact) mass is 436 g/mol. The molecule has 146 valence electrons. The van der Waals surface area contributed by atoms with E-state index in [0.717, 1.165) is 54.3 Å². The zero-order valence-corrected chi connectivity index (χ0v) is 17.5. The molecule has 27 heavy (non-hydrogen) atoms. The van der Waals surface area contributed by atoms with E-state index in [-0.39, 0.29) is 5.82 Å². The Morgan fingerprint density at radius 3 is 2.41 bits per heavy atom. The summed E-state index contributed by atoms with van der Waals surface area (Å²) in [5.41, 5.74) is 2.68. The second kappa shape index (κ2) is 9.07. The summed E-state index contributed by atoms with van der Waals surface area (Å²) in [5.74, 6) is 1.18. The molecule has 0 amide bonds. The maximum Gasteiger partial charge on any atom is 0.161 e. The van der Waals surface area contributed by atoms with Gasteiger partial charge in [0.05, 0.1) is 20.8 Å². The quantitative estimate of drug-likeness (QED) is 0.397. The normalized spacial score (nSPS) is 18.8. The van der Waals surface area contributed by atoms with Crippen LogP contribution in [0.3, 0.4) is 0 Å². The van der Waals surface area contributed by atoms with Crippen LogP contribution in [0.15, 0.2) is 36.4 Å². The van der Waals surface area contributed by atoms with E-state index < -0.39 is 5.60 Å². The van der Waals surface area contributed by atoms with E-state index in [1.807, 2.05) is 24.3 Å². The summed E-state index contributed by atoms with van der Waals surface area (Å²) in [7, 11) is 3.29. The molecule has 1 aliphatic rings. The largest absolute Gasteiger partial charge is 0.493 e. The van der Waals surface area contributed by atoms with Crippen molar-refractivity contribution in [2.75, 3.05) is 26.2 Å². The Hall–Kier alpha value is -1.59. The van der Waals surface area contributed by atoms with E-state index >= 15 is 0 Å². The molecule has 0 spiro atoms. The summed E-state index contributed by atoms with van der Waals surface area (Å²) in [6.45, 7) is 0.623. The number of methoxy groups -OCH3 is 2. The van der Waals surface area contributed by atoms with Crippen molar-refractivity contribution in [1.82, 2.24) is 0 Å². The second-order valence-corrected chi connectivity index (χ2v) is 7.59. The summed E-state index contributed by atoms with van der Waals surface area (Å²) in [5, 5.41) is 0.999. The van der Waals surface area contributed by atoms with E-state index in [4.69, 9.17) is 14.2 Å². The van der Waals surface area contributed by atoms with Gasteiger partial charge in [0.2, 0.25) is 0 Å². The van der Waals surface area contributed by atoms with Gasteiger partial charge in [0.1, 0.15) is 11.4 Å². The zero-order valence-electron chi connectivity index (χ0n) is 15.9. The minimum absolute atomic E-state index is 0.239. The van der Waals surface area contributed by atoms with Gasteiger partial charge in [-0.3, -0.25) is 0 Å². The molecule has 0 saturated carbocycles. The van der Waals surface area contributed by atoms with Crippen molar-refractivity contribution in [3.05, 3.63) is 58.9 Å². The number of hydrogen-bond donors (Lipinski definition) is 0. The third-order valence-electron chi connectivity index (χ3n) is 5.24. The van der Waals surface area contributed by atoms with Crippen molar-refractivity contribution < 1.29 is 18.6 Å². The standard InChI is InChI=1S/C22H26BrFO3/c1-25-20-14-16-10-13-27-22(11-4-3-5-12-23,19(16)15-21(20)26-2)17-6-8-18(24)9-7-17/h6-9,14-15H,3-5,10-13H2,1-2H3. The number of alkyl halides is 1. The van der Waals surface area contributed by atoms with Gasteiger partial charge in [-0.2, -0.15) is 0 Å². The molecule has 0 saturated heterocycles. The summed E-state index contributed by atoms with van der Waals surface area (Å²) in [4.78, 5) is 0. The molecule has 1 atom stereocenters. The van der Waals surface area contributed by atoms with Crippen LogP contribution in [0.4, 0.5) is 4.39 Å². The average molecular weight is 437 g/mol. The van der Waals surface area contributed by atoms with E-state index in [9.17, 15) is 4.39 Å². The van der Waals surface area contributed by atoms with E-state index in [1.54, 1.807) is 14.2 Å². The van der Waals surface area contributed by atoms with E-state index in [0.29, 0.717) is 12.4 Å². The first kappa shape index (κ1) is 20.2. The fourth-order valence-electron chi connectivity index (χ4n) is 3.87. The molecule has 5 heteroatoms. The summed E-state index contributed by atoms with van der Waals surface area (Å²) < 4.78 is 31.0. The Labute approximate surface area is 169 Å². The highest BCUT2D eigenvalue weighted by Crippen LogP contribution is 2.46. The molecule has 0 bridgehead atoms. The number of hydrogen-bond acceptors (Lipinski definition) is 3. The molecular formula is C22H26BrFO3. The lowest BCUT2D eigenvalue weighted by molar-refractivity contribution is -0.0364. The fraction of sp³-hybridized carbons (Fsp3) is 0.455. The topological polar surface area (TPSA) is 27.7 Å². The van der Waals surface area contributed by atoms with Crippen LogP contribution in [0.2, 0.25) is 0 Å². The van der Waals surface area contributed by atoms with E-state index in [1.165, 1.54) is 17.7 Å². The van der Waals surface area contributed by atoms with Crippen LogP contribution in [0, 0.1) is 5.82 Å². The van der Waals surface area contributed by atoms with Gasteiger partial charge in [0.25, 0.3) is 0 Å². The van der Waals surface area contributed by atoms with Crippen LogP contribution >= 0.6 is 15.9 Å². The van der Waals surface area contributed by atoms with Gasteiger partial charge in [0, 0.05) is 5.33 Å². The number of fused-ring (bicyclic) bond motifs is 1. The molecule has 2 aromatic carbocycles. The van der Waals surface area contributed by atoms with Crippen molar-refractivity contribution in [2.45, 2.75) is 37.7 Å². The van der Waals surface area contributed by atoms with Gasteiger partial charge < -0.3 is 14.2 Å². The molecule has 1 aliphatic heterocycles. The lowest BCUT2D eigenvalue weighted by Crippen LogP contribution is -2.37. The molecule has 2 aromatic rings. The third kappa shape index (κ3) is 4.14. The highest BCUT2D eigenvalue weighted by atomic mass is 79.9. The number of halogens is 2. The van der Waals surface area contributed by atoms with Crippen LogP contribution in [-0.4, -0.2) is 26.2 Å². The first-order chi connectivity index (χ1) is 13.1.